The zero-order chi connectivity index (χ0) is 20.3. The minimum atomic E-state index is -0.334. The number of hydrogen-bond donors (Lipinski definition) is 0. The standard InChI is InChI=1S/C21H26N2O5/c1-5-26-21(25)13-22(4)12-18(24)17-10-14(2)23(15(17)3)16-6-7-19-20(11-16)28-9-8-27-19/h6-7,10-11H,5,8-9,12-13H2,1-4H3. The Bertz CT molecular complexity index is 887. The Labute approximate surface area is 164 Å². The Kier molecular flexibility index (Phi) is 6.04. The summed E-state index contributed by atoms with van der Waals surface area (Å²) in [6.45, 7) is 7.27. The summed E-state index contributed by atoms with van der Waals surface area (Å²) in [5.74, 6) is 1.07. The molecule has 0 bridgehead atoms. The van der Waals surface area contributed by atoms with Gasteiger partial charge in [0.15, 0.2) is 17.3 Å². The molecular weight excluding hydrogens is 360 g/mol. The highest BCUT2D eigenvalue weighted by Gasteiger charge is 2.20. The molecule has 1 aromatic heterocycles. The third kappa shape index (κ3) is 4.20. The van der Waals surface area contributed by atoms with Crippen molar-refractivity contribution in [2.24, 2.45) is 0 Å². The molecule has 0 amide bonds. The predicted octanol–water partition coefficient (Wildman–Crippen LogP) is 2.54. The number of aryl methyl sites for hydroxylation is 1. The van der Waals surface area contributed by atoms with Gasteiger partial charge in [0.25, 0.3) is 0 Å². The van der Waals surface area contributed by atoms with Gasteiger partial charge >= 0.3 is 5.97 Å². The fourth-order valence-electron chi connectivity index (χ4n) is 3.43. The van der Waals surface area contributed by atoms with Crippen molar-refractivity contribution in [1.82, 2.24) is 9.47 Å². The van der Waals surface area contributed by atoms with Crippen LogP contribution in [0.3, 0.4) is 0 Å². The number of ketones is 1. The first-order valence-electron chi connectivity index (χ1n) is 9.37. The van der Waals surface area contributed by atoms with Crippen LogP contribution in [0.15, 0.2) is 24.3 Å². The maximum absolute atomic E-state index is 12.8. The number of rotatable bonds is 7. The van der Waals surface area contributed by atoms with Gasteiger partial charge in [-0.2, -0.15) is 0 Å². The van der Waals surface area contributed by atoms with Gasteiger partial charge in [-0.15, -0.1) is 0 Å². The zero-order valence-corrected chi connectivity index (χ0v) is 16.8. The number of Topliss-reactive ketones (excluding diaryl/α,β-unsaturated/α-hetero) is 1. The van der Waals surface area contributed by atoms with Crippen molar-refractivity contribution in [1.29, 1.82) is 0 Å². The Hall–Kier alpha value is -2.80. The van der Waals surface area contributed by atoms with E-state index >= 15 is 0 Å². The molecule has 3 rings (SSSR count). The molecule has 1 aliphatic heterocycles. The lowest BCUT2D eigenvalue weighted by molar-refractivity contribution is -0.143. The number of nitrogens with zero attached hydrogens (tertiary/aromatic N) is 2. The summed E-state index contributed by atoms with van der Waals surface area (Å²) >= 11 is 0. The van der Waals surface area contributed by atoms with Gasteiger partial charge in [0.1, 0.15) is 13.2 Å². The second-order valence-electron chi connectivity index (χ2n) is 6.85. The van der Waals surface area contributed by atoms with E-state index < -0.39 is 0 Å². The number of esters is 1. The van der Waals surface area contributed by atoms with Crippen molar-refractivity contribution in [3.8, 4) is 17.2 Å². The predicted molar refractivity (Wildman–Crippen MR) is 105 cm³/mol. The van der Waals surface area contributed by atoms with Gasteiger partial charge < -0.3 is 18.8 Å². The average Bonchev–Trinajstić information content (AvgIpc) is 2.95. The molecule has 7 nitrogen and oxygen atoms in total. The van der Waals surface area contributed by atoms with E-state index in [4.69, 9.17) is 14.2 Å². The third-order valence-corrected chi connectivity index (χ3v) is 4.63. The van der Waals surface area contributed by atoms with Gasteiger partial charge in [0.05, 0.1) is 19.7 Å². The van der Waals surface area contributed by atoms with Crippen molar-refractivity contribution >= 4 is 11.8 Å². The summed E-state index contributed by atoms with van der Waals surface area (Å²) in [7, 11) is 1.73. The van der Waals surface area contributed by atoms with Gasteiger partial charge in [-0.1, -0.05) is 0 Å². The first kappa shape index (κ1) is 19.9. The quantitative estimate of drug-likeness (QED) is 0.538. The zero-order valence-electron chi connectivity index (χ0n) is 16.8. The van der Waals surface area contributed by atoms with E-state index in [1.54, 1.807) is 18.9 Å². The molecule has 0 radical (unpaired) electrons. The van der Waals surface area contributed by atoms with E-state index in [9.17, 15) is 9.59 Å². The summed E-state index contributed by atoms with van der Waals surface area (Å²) in [6, 6.07) is 7.65. The maximum Gasteiger partial charge on any atom is 0.320 e. The lowest BCUT2D eigenvalue weighted by Gasteiger charge is -2.20. The molecule has 0 N–H and O–H groups in total. The van der Waals surface area contributed by atoms with E-state index in [1.165, 1.54) is 0 Å². The molecule has 0 saturated heterocycles. The molecule has 2 heterocycles. The van der Waals surface area contributed by atoms with E-state index in [1.807, 2.05) is 42.7 Å². The van der Waals surface area contributed by atoms with Crippen LogP contribution in [0.4, 0.5) is 0 Å². The summed E-state index contributed by atoms with van der Waals surface area (Å²) < 4.78 is 18.2. The van der Waals surface area contributed by atoms with Crippen LogP contribution in [-0.4, -0.2) is 61.2 Å². The van der Waals surface area contributed by atoms with E-state index in [0.29, 0.717) is 31.1 Å². The number of hydrogen-bond acceptors (Lipinski definition) is 6. The van der Waals surface area contributed by atoms with Crippen molar-refractivity contribution in [2.45, 2.75) is 20.8 Å². The maximum atomic E-state index is 12.8. The molecule has 0 saturated carbocycles. The van der Waals surface area contributed by atoms with Crippen LogP contribution < -0.4 is 9.47 Å². The largest absolute Gasteiger partial charge is 0.486 e. The van der Waals surface area contributed by atoms with Crippen molar-refractivity contribution in [3.63, 3.8) is 0 Å². The molecule has 28 heavy (non-hydrogen) atoms. The molecular formula is C21H26N2O5. The fourth-order valence-corrected chi connectivity index (χ4v) is 3.43. The number of fused-ring (bicyclic) bond motifs is 1. The van der Waals surface area contributed by atoms with Gasteiger partial charge in [-0.3, -0.25) is 14.5 Å². The minimum absolute atomic E-state index is 0.0382. The van der Waals surface area contributed by atoms with Crippen LogP contribution in [0.25, 0.3) is 5.69 Å². The summed E-state index contributed by atoms with van der Waals surface area (Å²) in [5, 5.41) is 0. The molecule has 0 aliphatic carbocycles. The van der Waals surface area contributed by atoms with Crippen molar-refractivity contribution in [3.05, 3.63) is 41.2 Å². The van der Waals surface area contributed by atoms with Gasteiger partial charge in [0, 0.05) is 28.7 Å². The molecule has 0 fully saturated rings. The Morgan fingerprint density at radius 3 is 2.54 bits per heavy atom. The van der Waals surface area contributed by atoms with Crippen molar-refractivity contribution in [2.75, 3.05) is 40.0 Å². The molecule has 0 spiro atoms. The summed E-state index contributed by atoms with van der Waals surface area (Å²) in [5.41, 5.74) is 3.36. The van der Waals surface area contributed by atoms with Crippen LogP contribution in [0, 0.1) is 13.8 Å². The molecule has 1 aliphatic rings. The number of likely N-dealkylation sites (N-methyl/N-ethyl adjacent to an activating group) is 1. The van der Waals surface area contributed by atoms with Crippen LogP contribution >= 0.6 is 0 Å². The highest BCUT2D eigenvalue weighted by atomic mass is 16.6. The highest BCUT2D eigenvalue weighted by molar-refractivity contribution is 5.99. The van der Waals surface area contributed by atoms with Gasteiger partial charge in [0.2, 0.25) is 0 Å². The molecule has 1 aromatic carbocycles. The lowest BCUT2D eigenvalue weighted by Crippen LogP contribution is -2.32. The first-order chi connectivity index (χ1) is 13.4. The van der Waals surface area contributed by atoms with E-state index in [2.05, 4.69) is 0 Å². The summed E-state index contributed by atoms with van der Waals surface area (Å²) in [6.07, 6.45) is 0. The first-order valence-corrected chi connectivity index (χ1v) is 9.37. The van der Waals surface area contributed by atoms with Crippen LogP contribution in [0.5, 0.6) is 11.5 Å². The lowest BCUT2D eigenvalue weighted by atomic mass is 10.1. The van der Waals surface area contributed by atoms with Gasteiger partial charge in [-0.25, -0.2) is 0 Å². The van der Waals surface area contributed by atoms with E-state index in [0.717, 1.165) is 22.8 Å². The second-order valence-corrected chi connectivity index (χ2v) is 6.85. The molecule has 0 unspecified atom stereocenters. The molecule has 2 aromatic rings. The molecule has 0 atom stereocenters. The average molecular weight is 386 g/mol. The molecule has 7 heteroatoms. The smallest absolute Gasteiger partial charge is 0.320 e. The SMILES string of the molecule is CCOC(=O)CN(C)CC(=O)c1cc(C)n(-c2ccc3c(c2)OCCO3)c1C. The van der Waals surface area contributed by atoms with Crippen molar-refractivity contribution < 1.29 is 23.8 Å². The Balaban J connectivity index is 1.80. The monoisotopic (exact) mass is 386 g/mol. The topological polar surface area (TPSA) is 70.0 Å². The second kappa shape index (κ2) is 8.48. The minimum Gasteiger partial charge on any atom is -0.486 e. The van der Waals surface area contributed by atoms with E-state index in [-0.39, 0.29) is 24.8 Å². The van der Waals surface area contributed by atoms with Crippen LogP contribution in [0.2, 0.25) is 0 Å². The third-order valence-electron chi connectivity index (χ3n) is 4.63. The molecule has 150 valence electrons. The Morgan fingerprint density at radius 2 is 1.82 bits per heavy atom. The van der Waals surface area contributed by atoms with Gasteiger partial charge in [-0.05, 0) is 46.0 Å². The Morgan fingerprint density at radius 1 is 1.11 bits per heavy atom. The number of ether oxygens (including phenoxy) is 3. The highest BCUT2D eigenvalue weighted by Crippen LogP contribution is 2.33. The number of aromatic nitrogens is 1. The fraction of sp³-hybridized carbons (Fsp3) is 0.429. The summed E-state index contributed by atoms with van der Waals surface area (Å²) in [4.78, 5) is 26.1. The normalized spacial score (nSPS) is 12.9. The number of carbonyl (C=O) groups is 2. The number of benzene rings is 1. The number of carbonyl (C=O) groups excluding carboxylic acids is 2. The van der Waals surface area contributed by atoms with Crippen LogP contribution in [-0.2, 0) is 9.53 Å². The van der Waals surface area contributed by atoms with Crippen LogP contribution in [0.1, 0.15) is 28.7 Å².